The van der Waals surface area contributed by atoms with E-state index in [1.807, 2.05) is 43.0 Å². The maximum Gasteiger partial charge on any atom is 0.254 e. The van der Waals surface area contributed by atoms with Gasteiger partial charge in [0.2, 0.25) is 0 Å². The molecule has 24 heavy (non-hydrogen) atoms. The van der Waals surface area contributed by atoms with E-state index in [9.17, 15) is 9.90 Å². The van der Waals surface area contributed by atoms with Crippen LogP contribution in [0.2, 0.25) is 0 Å². The van der Waals surface area contributed by atoms with Gasteiger partial charge in [-0.1, -0.05) is 12.1 Å². The van der Waals surface area contributed by atoms with E-state index in [0.717, 1.165) is 56.2 Å². The van der Waals surface area contributed by atoms with E-state index >= 15 is 0 Å². The van der Waals surface area contributed by atoms with Crippen molar-refractivity contribution in [1.29, 1.82) is 0 Å². The number of nitrogens with zero attached hydrogens (tertiary/aromatic N) is 1. The summed E-state index contributed by atoms with van der Waals surface area (Å²) in [5.74, 6) is 0.0998. The van der Waals surface area contributed by atoms with Crippen LogP contribution in [0.4, 0.5) is 0 Å². The average Bonchev–Trinajstić information content (AvgIpc) is 2.57. The van der Waals surface area contributed by atoms with Gasteiger partial charge in [-0.05, 0) is 76.5 Å². The minimum atomic E-state index is -0.692. The zero-order valence-electron chi connectivity index (χ0n) is 15.0. The van der Waals surface area contributed by atoms with Gasteiger partial charge in [0.05, 0.1) is 5.60 Å². The zero-order valence-corrected chi connectivity index (χ0v) is 15.0. The molecular weight excluding hydrogens is 302 g/mol. The number of rotatable bonds is 7. The number of aliphatic hydroxyl groups is 2. The molecule has 0 spiro atoms. The molecular formula is C20H31NO3. The van der Waals surface area contributed by atoms with Crippen LogP contribution in [0.15, 0.2) is 24.3 Å². The number of hydrogen-bond acceptors (Lipinski definition) is 3. The van der Waals surface area contributed by atoms with Crippen LogP contribution in [0, 0.1) is 0 Å². The highest BCUT2D eigenvalue weighted by Crippen LogP contribution is 2.23. The van der Waals surface area contributed by atoms with E-state index in [-0.39, 0.29) is 18.6 Å². The third-order valence-corrected chi connectivity index (χ3v) is 4.78. The predicted octanol–water partition coefficient (Wildman–Crippen LogP) is 3.16. The fourth-order valence-corrected chi connectivity index (χ4v) is 3.37. The van der Waals surface area contributed by atoms with Crippen molar-refractivity contribution in [3.05, 3.63) is 35.4 Å². The van der Waals surface area contributed by atoms with Crippen molar-refractivity contribution in [3.8, 4) is 0 Å². The Balaban J connectivity index is 2.07. The Kier molecular flexibility index (Phi) is 6.81. The molecule has 134 valence electrons. The molecule has 1 saturated heterocycles. The molecule has 0 aromatic heterocycles. The van der Waals surface area contributed by atoms with Gasteiger partial charge in [0.25, 0.3) is 5.91 Å². The topological polar surface area (TPSA) is 60.8 Å². The Morgan fingerprint density at radius 2 is 2.12 bits per heavy atom. The van der Waals surface area contributed by atoms with Crippen molar-refractivity contribution in [2.45, 2.75) is 70.4 Å². The number of amides is 1. The van der Waals surface area contributed by atoms with Crippen molar-refractivity contribution in [2.75, 3.05) is 13.2 Å². The Morgan fingerprint density at radius 3 is 2.83 bits per heavy atom. The third kappa shape index (κ3) is 5.60. The molecule has 4 nitrogen and oxygen atoms in total. The molecule has 4 heteroatoms. The largest absolute Gasteiger partial charge is 0.396 e. The van der Waals surface area contributed by atoms with Crippen molar-refractivity contribution in [1.82, 2.24) is 4.90 Å². The molecule has 1 aliphatic rings. The summed E-state index contributed by atoms with van der Waals surface area (Å²) >= 11 is 0. The molecule has 1 unspecified atom stereocenters. The van der Waals surface area contributed by atoms with Gasteiger partial charge in [0.15, 0.2) is 0 Å². The molecule has 1 atom stereocenters. The maximum atomic E-state index is 12.9. The van der Waals surface area contributed by atoms with Crippen molar-refractivity contribution < 1.29 is 15.0 Å². The normalized spacial score (nSPS) is 18.7. The molecule has 1 heterocycles. The molecule has 0 bridgehead atoms. The van der Waals surface area contributed by atoms with Gasteiger partial charge < -0.3 is 15.1 Å². The minimum Gasteiger partial charge on any atom is -0.396 e. The lowest BCUT2D eigenvalue weighted by molar-refractivity contribution is 0.0590. The third-order valence-electron chi connectivity index (χ3n) is 4.78. The van der Waals surface area contributed by atoms with Gasteiger partial charge in [-0.2, -0.15) is 0 Å². The van der Waals surface area contributed by atoms with E-state index < -0.39 is 5.60 Å². The first-order valence-corrected chi connectivity index (χ1v) is 9.14. The number of likely N-dealkylation sites (tertiary alicyclic amines) is 1. The first kappa shape index (κ1) is 18.9. The summed E-state index contributed by atoms with van der Waals surface area (Å²) in [7, 11) is 0. The van der Waals surface area contributed by atoms with Gasteiger partial charge >= 0.3 is 0 Å². The van der Waals surface area contributed by atoms with Crippen LogP contribution in [-0.2, 0) is 6.42 Å². The highest BCUT2D eigenvalue weighted by molar-refractivity contribution is 5.94. The molecule has 1 aliphatic heterocycles. The van der Waals surface area contributed by atoms with E-state index in [1.54, 1.807) is 0 Å². The number of benzene rings is 1. The van der Waals surface area contributed by atoms with Gasteiger partial charge in [0.1, 0.15) is 0 Å². The smallest absolute Gasteiger partial charge is 0.254 e. The Hall–Kier alpha value is -1.39. The fourth-order valence-electron chi connectivity index (χ4n) is 3.37. The van der Waals surface area contributed by atoms with Gasteiger partial charge in [-0.15, -0.1) is 0 Å². The van der Waals surface area contributed by atoms with Crippen LogP contribution in [-0.4, -0.2) is 45.8 Å². The second-order valence-corrected chi connectivity index (χ2v) is 7.53. The van der Waals surface area contributed by atoms with E-state index in [2.05, 4.69) is 0 Å². The summed E-state index contributed by atoms with van der Waals surface area (Å²) in [5.41, 5.74) is 1.13. The van der Waals surface area contributed by atoms with Crippen LogP contribution < -0.4 is 0 Å². The zero-order chi connectivity index (χ0) is 17.6. The lowest BCUT2D eigenvalue weighted by atomic mass is 9.95. The van der Waals surface area contributed by atoms with Crippen molar-refractivity contribution in [2.24, 2.45) is 0 Å². The first-order chi connectivity index (χ1) is 11.4. The van der Waals surface area contributed by atoms with Crippen molar-refractivity contribution in [3.63, 3.8) is 0 Å². The predicted molar refractivity (Wildman–Crippen MR) is 96.1 cm³/mol. The van der Waals surface area contributed by atoms with Crippen LogP contribution in [0.25, 0.3) is 0 Å². The number of aliphatic hydroxyl groups excluding tert-OH is 1. The summed E-state index contributed by atoms with van der Waals surface area (Å²) in [6.07, 6.45) is 6.31. The summed E-state index contributed by atoms with van der Waals surface area (Å²) in [4.78, 5) is 14.9. The Morgan fingerprint density at radius 1 is 1.33 bits per heavy atom. The molecule has 1 amide bonds. The van der Waals surface area contributed by atoms with Crippen molar-refractivity contribution >= 4 is 5.91 Å². The molecule has 1 fully saturated rings. The van der Waals surface area contributed by atoms with Crippen LogP contribution >= 0.6 is 0 Å². The number of carbonyl (C=O) groups excluding carboxylic acids is 1. The van der Waals surface area contributed by atoms with Crippen LogP contribution in [0.3, 0.4) is 0 Å². The quantitative estimate of drug-likeness (QED) is 0.806. The summed E-state index contributed by atoms with van der Waals surface area (Å²) in [5, 5.41) is 19.0. The number of carbonyl (C=O) groups is 1. The monoisotopic (exact) mass is 333 g/mol. The lowest BCUT2D eigenvalue weighted by Gasteiger charge is -2.36. The lowest BCUT2D eigenvalue weighted by Crippen LogP contribution is -2.43. The van der Waals surface area contributed by atoms with Crippen LogP contribution in [0.5, 0.6) is 0 Å². The SMILES string of the molecule is CC(C)(O)CCc1cccc(C(=O)N2CCCCC2CCCO)c1. The second kappa shape index (κ2) is 8.63. The second-order valence-electron chi connectivity index (χ2n) is 7.53. The number of piperidine rings is 1. The van der Waals surface area contributed by atoms with E-state index in [1.165, 1.54) is 0 Å². The van der Waals surface area contributed by atoms with Crippen LogP contribution in [0.1, 0.15) is 68.3 Å². The minimum absolute atomic E-state index is 0.0998. The highest BCUT2D eigenvalue weighted by atomic mass is 16.3. The Labute approximate surface area is 145 Å². The molecule has 0 saturated carbocycles. The van der Waals surface area contributed by atoms with Gasteiger partial charge in [-0.25, -0.2) is 0 Å². The molecule has 2 rings (SSSR count). The molecule has 0 radical (unpaired) electrons. The first-order valence-electron chi connectivity index (χ1n) is 9.14. The van der Waals surface area contributed by atoms with Gasteiger partial charge in [-0.3, -0.25) is 4.79 Å². The fraction of sp³-hybridized carbons (Fsp3) is 0.650. The number of hydrogen-bond donors (Lipinski definition) is 2. The molecule has 2 N–H and O–H groups in total. The summed E-state index contributed by atoms with van der Waals surface area (Å²) in [6.45, 7) is 4.61. The molecule has 1 aromatic rings. The Bertz CT molecular complexity index is 536. The summed E-state index contributed by atoms with van der Waals surface area (Å²) < 4.78 is 0. The van der Waals surface area contributed by atoms with Gasteiger partial charge in [0, 0.05) is 24.8 Å². The summed E-state index contributed by atoms with van der Waals surface area (Å²) in [6, 6.07) is 8.04. The number of aryl methyl sites for hydroxylation is 1. The average molecular weight is 333 g/mol. The maximum absolute atomic E-state index is 12.9. The highest BCUT2D eigenvalue weighted by Gasteiger charge is 2.27. The van der Waals surface area contributed by atoms with E-state index in [0.29, 0.717) is 6.42 Å². The van der Waals surface area contributed by atoms with E-state index in [4.69, 9.17) is 5.11 Å². The molecule has 1 aromatic carbocycles. The molecule has 0 aliphatic carbocycles. The standard InChI is InChI=1S/C20H31NO3/c1-20(2,24)12-11-16-7-5-8-17(15-16)19(23)21-13-4-3-9-18(21)10-6-14-22/h5,7-8,15,18,22,24H,3-4,6,9-14H2,1-2H3.